The Kier molecular flexibility index (Phi) is 5.84. The molecule has 0 spiro atoms. The molecule has 0 radical (unpaired) electrons. The summed E-state index contributed by atoms with van der Waals surface area (Å²) in [6, 6.07) is 12.9. The van der Waals surface area contributed by atoms with Crippen molar-refractivity contribution in [2.45, 2.75) is 18.9 Å². The van der Waals surface area contributed by atoms with Crippen LogP contribution in [0.25, 0.3) is 0 Å². The second kappa shape index (κ2) is 8.77. The quantitative estimate of drug-likeness (QED) is 0.634. The van der Waals surface area contributed by atoms with Crippen LogP contribution in [0.1, 0.15) is 24.4 Å². The molecule has 6 nitrogen and oxygen atoms in total. The number of carbonyl (C=O) groups excluding carboxylic acids is 1. The molecule has 2 heterocycles. The van der Waals surface area contributed by atoms with Crippen molar-refractivity contribution in [3.05, 3.63) is 70.2 Å². The predicted molar refractivity (Wildman–Crippen MR) is 127 cm³/mol. The first-order chi connectivity index (χ1) is 15.5. The number of hydrogen-bond donors (Lipinski definition) is 1. The molecule has 0 saturated carbocycles. The van der Waals surface area contributed by atoms with Gasteiger partial charge in [0.15, 0.2) is 0 Å². The Hall–Kier alpha value is -2.54. The normalized spacial score (nSPS) is 24.5. The molecule has 1 aliphatic carbocycles. The van der Waals surface area contributed by atoms with Gasteiger partial charge in [-0.25, -0.2) is 5.01 Å². The summed E-state index contributed by atoms with van der Waals surface area (Å²) in [6.45, 7) is 1.71. The largest absolute Gasteiger partial charge is 0.497 e. The van der Waals surface area contributed by atoms with E-state index in [1.54, 1.807) is 19.2 Å². The molecule has 3 aliphatic rings. The maximum Gasteiger partial charge on any atom is 0.281 e. The third-order valence-electron chi connectivity index (χ3n) is 6.40. The van der Waals surface area contributed by atoms with Gasteiger partial charge in [0, 0.05) is 24.5 Å². The fourth-order valence-electron chi connectivity index (χ4n) is 4.71. The van der Waals surface area contributed by atoms with Crippen molar-refractivity contribution in [1.82, 2.24) is 10.4 Å². The molecule has 5 rings (SSSR count). The van der Waals surface area contributed by atoms with E-state index in [1.165, 1.54) is 0 Å². The van der Waals surface area contributed by atoms with Crippen molar-refractivity contribution < 1.29 is 9.53 Å². The zero-order valence-corrected chi connectivity index (χ0v) is 19.2. The van der Waals surface area contributed by atoms with Gasteiger partial charge in [0.1, 0.15) is 11.5 Å². The molecular formula is C24H24Cl2N4O2. The van der Waals surface area contributed by atoms with Crippen LogP contribution >= 0.6 is 23.2 Å². The number of nitrogens with zero attached hydrogens (tertiary/aromatic N) is 3. The Morgan fingerprint density at radius 2 is 1.97 bits per heavy atom. The van der Waals surface area contributed by atoms with E-state index in [1.807, 2.05) is 40.3 Å². The van der Waals surface area contributed by atoms with Gasteiger partial charge in [-0.2, -0.15) is 5.10 Å². The average Bonchev–Trinajstić information content (AvgIpc) is 3.49. The van der Waals surface area contributed by atoms with E-state index < -0.39 is 0 Å². The number of nitrogens with one attached hydrogen (secondary N) is 1. The molecule has 2 aromatic rings. The number of allylic oxidation sites excluding steroid dienone is 1. The van der Waals surface area contributed by atoms with Crippen molar-refractivity contribution >= 4 is 40.5 Å². The molecule has 1 saturated heterocycles. The fraction of sp³-hybridized carbons (Fsp3) is 0.333. The first-order valence-corrected chi connectivity index (χ1v) is 11.5. The molecular weight excluding hydrogens is 447 g/mol. The molecule has 3 atom stereocenters. The number of carbonyl (C=O) groups is 1. The monoisotopic (exact) mass is 470 g/mol. The zero-order chi connectivity index (χ0) is 22.2. The minimum absolute atomic E-state index is 0.166. The van der Waals surface area contributed by atoms with Crippen molar-refractivity contribution in [2.75, 3.05) is 25.2 Å². The molecule has 0 bridgehead atoms. The van der Waals surface area contributed by atoms with Gasteiger partial charge in [0.05, 0.1) is 23.9 Å². The number of hydrazine groups is 1. The third-order valence-corrected chi connectivity index (χ3v) is 6.94. The highest BCUT2D eigenvalue weighted by molar-refractivity contribution is 6.40. The van der Waals surface area contributed by atoms with Crippen LogP contribution < -0.4 is 15.2 Å². The van der Waals surface area contributed by atoms with Gasteiger partial charge in [0.2, 0.25) is 0 Å². The second-order valence-electron chi connectivity index (χ2n) is 8.41. The Bertz CT molecular complexity index is 1090. The maximum atomic E-state index is 13.1. The standard InChI is InChI=1S/C24H24Cl2N4O2/c1-32-19-8-5-15(6-9-19)23-12-21(27-30(23)22-10-7-18(25)11-20(22)26)24(31)28-29-13-16-3-2-4-17(16)14-29/h2-3,5-11,16-17,23H,4,12-14H2,1H3,(H,28,31). The van der Waals surface area contributed by atoms with Gasteiger partial charge >= 0.3 is 0 Å². The van der Waals surface area contributed by atoms with E-state index in [0.717, 1.165) is 30.8 Å². The molecule has 0 aromatic heterocycles. The summed E-state index contributed by atoms with van der Waals surface area (Å²) in [7, 11) is 1.64. The minimum atomic E-state index is -0.167. The Morgan fingerprint density at radius 1 is 1.16 bits per heavy atom. The van der Waals surface area contributed by atoms with Crippen LogP contribution in [0, 0.1) is 11.8 Å². The number of fused-ring (bicyclic) bond motifs is 1. The number of benzene rings is 2. The Morgan fingerprint density at radius 3 is 2.69 bits per heavy atom. The number of hydrogen-bond acceptors (Lipinski definition) is 5. The number of methoxy groups -OCH3 is 1. The van der Waals surface area contributed by atoms with Gasteiger partial charge in [0.25, 0.3) is 5.91 Å². The van der Waals surface area contributed by atoms with E-state index in [9.17, 15) is 4.79 Å². The molecule has 1 amide bonds. The fourth-order valence-corrected chi connectivity index (χ4v) is 5.21. The van der Waals surface area contributed by atoms with Crippen molar-refractivity contribution in [3.63, 3.8) is 0 Å². The van der Waals surface area contributed by atoms with Gasteiger partial charge in [-0.3, -0.25) is 15.2 Å². The molecule has 1 N–H and O–H groups in total. The lowest BCUT2D eigenvalue weighted by molar-refractivity contribution is -0.119. The van der Waals surface area contributed by atoms with E-state index in [4.69, 9.17) is 33.0 Å². The van der Waals surface area contributed by atoms with Crippen LogP contribution in [0.4, 0.5) is 5.69 Å². The molecule has 2 aliphatic heterocycles. The van der Waals surface area contributed by atoms with Crippen molar-refractivity contribution in [3.8, 4) is 5.75 Å². The number of halogens is 2. The maximum absolute atomic E-state index is 13.1. The predicted octanol–water partition coefficient (Wildman–Crippen LogP) is 4.85. The Balaban J connectivity index is 1.40. The van der Waals surface area contributed by atoms with Gasteiger partial charge in [-0.15, -0.1) is 0 Å². The molecule has 32 heavy (non-hydrogen) atoms. The number of hydrazone groups is 1. The summed E-state index contributed by atoms with van der Waals surface area (Å²) in [5.74, 6) is 1.73. The summed E-state index contributed by atoms with van der Waals surface area (Å²) >= 11 is 12.6. The zero-order valence-electron chi connectivity index (χ0n) is 17.7. The second-order valence-corrected chi connectivity index (χ2v) is 9.26. The van der Waals surface area contributed by atoms with Crippen LogP contribution in [0.2, 0.25) is 10.0 Å². The van der Waals surface area contributed by atoms with Crippen LogP contribution in [-0.4, -0.2) is 36.8 Å². The molecule has 3 unspecified atom stereocenters. The number of rotatable bonds is 5. The first kappa shape index (κ1) is 21.3. The Labute approximate surface area is 197 Å². The highest BCUT2D eigenvalue weighted by Crippen LogP contribution is 2.40. The van der Waals surface area contributed by atoms with Gasteiger partial charge in [-0.05, 0) is 54.2 Å². The van der Waals surface area contributed by atoms with Crippen LogP contribution in [0.5, 0.6) is 5.75 Å². The summed E-state index contributed by atoms with van der Waals surface area (Å²) in [4.78, 5) is 13.1. The summed E-state index contributed by atoms with van der Waals surface area (Å²) in [6.07, 6.45) is 6.05. The van der Waals surface area contributed by atoms with Crippen LogP contribution in [0.3, 0.4) is 0 Å². The SMILES string of the molecule is COc1ccc(C2CC(C(=O)NN3CC4C=CCC4C3)=NN2c2ccc(Cl)cc2Cl)cc1. The van der Waals surface area contributed by atoms with Crippen LogP contribution in [-0.2, 0) is 4.79 Å². The molecule has 1 fully saturated rings. The highest BCUT2D eigenvalue weighted by atomic mass is 35.5. The van der Waals surface area contributed by atoms with Crippen molar-refractivity contribution in [2.24, 2.45) is 16.9 Å². The highest BCUT2D eigenvalue weighted by Gasteiger charge is 2.37. The number of amides is 1. The lowest BCUT2D eigenvalue weighted by Gasteiger charge is -2.25. The summed E-state index contributed by atoms with van der Waals surface area (Å²) in [5.41, 5.74) is 5.27. The molecule has 2 aromatic carbocycles. The number of ether oxygens (including phenoxy) is 1. The van der Waals surface area contributed by atoms with Crippen LogP contribution in [0.15, 0.2) is 59.7 Å². The van der Waals surface area contributed by atoms with E-state index in [-0.39, 0.29) is 11.9 Å². The van der Waals surface area contributed by atoms with Crippen molar-refractivity contribution in [1.29, 1.82) is 0 Å². The van der Waals surface area contributed by atoms with E-state index >= 15 is 0 Å². The lowest BCUT2D eigenvalue weighted by Crippen LogP contribution is -2.44. The molecule has 166 valence electrons. The molecule has 8 heteroatoms. The van der Waals surface area contributed by atoms with E-state index in [0.29, 0.717) is 39.7 Å². The van der Waals surface area contributed by atoms with Gasteiger partial charge < -0.3 is 4.74 Å². The smallest absolute Gasteiger partial charge is 0.281 e. The van der Waals surface area contributed by atoms with E-state index in [2.05, 4.69) is 17.6 Å². The van der Waals surface area contributed by atoms with Gasteiger partial charge in [-0.1, -0.05) is 47.5 Å². The minimum Gasteiger partial charge on any atom is -0.497 e. The third kappa shape index (κ3) is 4.10. The lowest BCUT2D eigenvalue weighted by atomic mass is 10.0. The first-order valence-electron chi connectivity index (χ1n) is 10.7. The number of anilines is 1. The average molecular weight is 471 g/mol. The topological polar surface area (TPSA) is 57.2 Å². The summed E-state index contributed by atoms with van der Waals surface area (Å²) in [5, 5.41) is 9.57. The summed E-state index contributed by atoms with van der Waals surface area (Å²) < 4.78 is 5.29.